The zero-order valence-corrected chi connectivity index (χ0v) is 12.8. The SMILES string of the molecule is Cc1ccc(NC(=O)c2cc(C)nc(Cl)c2)c(Br)c1. The molecule has 0 aliphatic heterocycles. The van der Waals surface area contributed by atoms with Crippen molar-refractivity contribution in [3.05, 3.63) is 56.8 Å². The van der Waals surface area contributed by atoms with Crippen molar-refractivity contribution in [2.45, 2.75) is 13.8 Å². The van der Waals surface area contributed by atoms with Crippen LogP contribution < -0.4 is 5.32 Å². The number of pyridine rings is 1. The third kappa shape index (κ3) is 3.55. The zero-order valence-electron chi connectivity index (χ0n) is 10.5. The summed E-state index contributed by atoms with van der Waals surface area (Å²) >= 11 is 9.27. The Labute approximate surface area is 125 Å². The smallest absolute Gasteiger partial charge is 0.255 e. The number of nitrogens with one attached hydrogen (secondary N) is 1. The Kier molecular flexibility index (Phi) is 4.22. The van der Waals surface area contributed by atoms with Gasteiger partial charge in [-0.25, -0.2) is 4.98 Å². The van der Waals surface area contributed by atoms with Gasteiger partial charge in [0, 0.05) is 15.7 Å². The molecule has 0 unspecified atom stereocenters. The maximum absolute atomic E-state index is 12.1. The van der Waals surface area contributed by atoms with E-state index in [-0.39, 0.29) is 5.91 Å². The summed E-state index contributed by atoms with van der Waals surface area (Å²) in [6, 6.07) is 8.98. The van der Waals surface area contributed by atoms with Gasteiger partial charge in [0.15, 0.2) is 0 Å². The van der Waals surface area contributed by atoms with Gasteiger partial charge < -0.3 is 5.32 Å². The molecule has 19 heavy (non-hydrogen) atoms. The largest absolute Gasteiger partial charge is 0.321 e. The number of rotatable bonds is 2. The quantitative estimate of drug-likeness (QED) is 0.826. The minimum absolute atomic E-state index is 0.211. The second-order valence-electron chi connectivity index (χ2n) is 4.26. The van der Waals surface area contributed by atoms with Gasteiger partial charge in [0.05, 0.1) is 5.69 Å². The highest BCUT2D eigenvalue weighted by Crippen LogP contribution is 2.24. The predicted octanol–water partition coefficient (Wildman–Crippen LogP) is 4.37. The molecule has 0 atom stereocenters. The number of halogens is 2. The Morgan fingerprint density at radius 1 is 1.26 bits per heavy atom. The summed E-state index contributed by atoms with van der Waals surface area (Å²) in [7, 11) is 0. The Hall–Kier alpha value is -1.39. The minimum atomic E-state index is -0.211. The van der Waals surface area contributed by atoms with E-state index in [1.807, 2.05) is 25.1 Å². The van der Waals surface area contributed by atoms with E-state index in [0.29, 0.717) is 16.4 Å². The van der Waals surface area contributed by atoms with Gasteiger partial charge >= 0.3 is 0 Å². The van der Waals surface area contributed by atoms with Crippen LogP contribution in [0.4, 0.5) is 5.69 Å². The normalized spacial score (nSPS) is 10.3. The van der Waals surface area contributed by atoms with E-state index >= 15 is 0 Å². The number of amides is 1. The van der Waals surface area contributed by atoms with Crippen LogP contribution in [0.25, 0.3) is 0 Å². The number of benzene rings is 1. The molecule has 2 rings (SSSR count). The molecular formula is C14H12BrClN2O. The van der Waals surface area contributed by atoms with Crippen molar-refractivity contribution in [1.82, 2.24) is 4.98 Å². The molecule has 0 bridgehead atoms. The van der Waals surface area contributed by atoms with Crippen LogP contribution in [0.2, 0.25) is 5.15 Å². The van der Waals surface area contributed by atoms with E-state index in [2.05, 4.69) is 26.2 Å². The second kappa shape index (κ2) is 5.72. The lowest BCUT2D eigenvalue weighted by molar-refractivity contribution is 0.102. The van der Waals surface area contributed by atoms with Gasteiger partial charge in [0.1, 0.15) is 5.15 Å². The molecule has 0 spiro atoms. The van der Waals surface area contributed by atoms with Crippen LogP contribution in [-0.4, -0.2) is 10.9 Å². The summed E-state index contributed by atoms with van der Waals surface area (Å²) in [6.07, 6.45) is 0. The fraction of sp³-hybridized carbons (Fsp3) is 0.143. The number of hydrogen-bond donors (Lipinski definition) is 1. The molecule has 98 valence electrons. The number of aryl methyl sites for hydroxylation is 2. The molecular weight excluding hydrogens is 328 g/mol. The number of aromatic nitrogens is 1. The molecule has 3 nitrogen and oxygen atoms in total. The van der Waals surface area contributed by atoms with Gasteiger partial charge in [-0.2, -0.15) is 0 Å². The molecule has 0 fully saturated rings. The van der Waals surface area contributed by atoms with Crippen molar-refractivity contribution in [1.29, 1.82) is 0 Å². The van der Waals surface area contributed by atoms with Crippen LogP contribution in [0, 0.1) is 13.8 Å². The van der Waals surface area contributed by atoms with E-state index in [0.717, 1.165) is 15.7 Å². The van der Waals surface area contributed by atoms with E-state index in [4.69, 9.17) is 11.6 Å². The highest BCUT2D eigenvalue weighted by molar-refractivity contribution is 9.10. The Morgan fingerprint density at radius 3 is 2.63 bits per heavy atom. The summed E-state index contributed by atoms with van der Waals surface area (Å²) in [4.78, 5) is 16.2. The highest BCUT2D eigenvalue weighted by Gasteiger charge is 2.10. The minimum Gasteiger partial charge on any atom is -0.321 e. The first-order valence-electron chi connectivity index (χ1n) is 5.67. The monoisotopic (exact) mass is 338 g/mol. The predicted molar refractivity (Wildman–Crippen MR) is 80.8 cm³/mol. The van der Waals surface area contributed by atoms with E-state index in [1.54, 1.807) is 19.1 Å². The van der Waals surface area contributed by atoms with Crippen molar-refractivity contribution >= 4 is 39.1 Å². The fourth-order valence-corrected chi connectivity index (χ4v) is 2.52. The summed E-state index contributed by atoms with van der Waals surface area (Å²) < 4.78 is 0.845. The first-order chi connectivity index (χ1) is 8.95. The number of hydrogen-bond acceptors (Lipinski definition) is 2. The van der Waals surface area contributed by atoms with Crippen molar-refractivity contribution in [2.75, 3.05) is 5.32 Å². The molecule has 0 aliphatic rings. The Bertz CT molecular complexity index is 623. The maximum Gasteiger partial charge on any atom is 0.255 e. The molecule has 5 heteroatoms. The molecule has 1 aromatic heterocycles. The number of carbonyl (C=O) groups excluding carboxylic acids is 1. The van der Waals surface area contributed by atoms with Crippen LogP contribution in [0.5, 0.6) is 0 Å². The fourth-order valence-electron chi connectivity index (χ4n) is 1.68. The molecule has 0 aliphatic carbocycles. The third-order valence-corrected chi connectivity index (χ3v) is 3.41. The third-order valence-electron chi connectivity index (χ3n) is 2.56. The van der Waals surface area contributed by atoms with E-state index < -0.39 is 0 Å². The summed E-state index contributed by atoms with van der Waals surface area (Å²) in [6.45, 7) is 3.78. The average molecular weight is 340 g/mol. The van der Waals surface area contributed by atoms with Crippen LogP contribution in [0.1, 0.15) is 21.6 Å². The molecule has 0 radical (unpaired) electrons. The van der Waals surface area contributed by atoms with Crippen LogP contribution in [-0.2, 0) is 0 Å². The molecule has 2 aromatic rings. The van der Waals surface area contributed by atoms with Gasteiger partial charge in [-0.3, -0.25) is 4.79 Å². The van der Waals surface area contributed by atoms with Crippen LogP contribution in [0.15, 0.2) is 34.8 Å². The first-order valence-corrected chi connectivity index (χ1v) is 6.84. The molecule has 1 N–H and O–H groups in total. The van der Waals surface area contributed by atoms with Crippen molar-refractivity contribution < 1.29 is 4.79 Å². The molecule has 0 saturated carbocycles. The summed E-state index contributed by atoms with van der Waals surface area (Å²) in [5, 5.41) is 3.15. The molecule has 1 heterocycles. The Morgan fingerprint density at radius 2 is 2.00 bits per heavy atom. The second-order valence-corrected chi connectivity index (χ2v) is 5.50. The van der Waals surface area contributed by atoms with Gasteiger partial charge in [0.25, 0.3) is 5.91 Å². The van der Waals surface area contributed by atoms with Gasteiger partial charge in [-0.15, -0.1) is 0 Å². The van der Waals surface area contributed by atoms with Gasteiger partial charge in [0.2, 0.25) is 0 Å². The van der Waals surface area contributed by atoms with Crippen molar-refractivity contribution in [3.63, 3.8) is 0 Å². The zero-order chi connectivity index (χ0) is 14.0. The lowest BCUT2D eigenvalue weighted by atomic mass is 10.2. The van der Waals surface area contributed by atoms with Crippen molar-refractivity contribution in [3.8, 4) is 0 Å². The maximum atomic E-state index is 12.1. The number of nitrogens with zero attached hydrogens (tertiary/aromatic N) is 1. The number of carbonyl (C=O) groups is 1. The topological polar surface area (TPSA) is 42.0 Å². The van der Waals surface area contributed by atoms with Gasteiger partial charge in [-0.05, 0) is 59.6 Å². The van der Waals surface area contributed by atoms with Crippen molar-refractivity contribution in [2.24, 2.45) is 0 Å². The van der Waals surface area contributed by atoms with Gasteiger partial charge in [-0.1, -0.05) is 17.7 Å². The van der Waals surface area contributed by atoms with E-state index in [1.165, 1.54) is 0 Å². The molecule has 1 amide bonds. The standard InChI is InChI=1S/C14H12BrClN2O/c1-8-3-4-12(11(15)5-8)18-14(19)10-6-9(2)17-13(16)7-10/h3-7H,1-2H3,(H,18,19). The number of anilines is 1. The first kappa shape index (κ1) is 14.0. The summed E-state index contributed by atoms with van der Waals surface area (Å²) in [5.41, 5.74) is 3.04. The lowest BCUT2D eigenvalue weighted by Crippen LogP contribution is -2.13. The van der Waals surface area contributed by atoms with E-state index in [9.17, 15) is 4.79 Å². The molecule has 0 saturated heterocycles. The van der Waals surface area contributed by atoms with Crippen LogP contribution >= 0.6 is 27.5 Å². The highest BCUT2D eigenvalue weighted by atomic mass is 79.9. The lowest BCUT2D eigenvalue weighted by Gasteiger charge is -2.08. The summed E-state index contributed by atoms with van der Waals surface area (Å²) in [5.74, 6) is -0.211. The molecule has 1 aromatic carbocycles. The average Bonchev–Trinajstić information content (AvgIpc) is 2.31. The van der Waals surface area contributed by atoms with Crippen LogP contribution in [0.3, 0.4) is 0 Å². The Balaban J connectivity index is 2.25.